The van der Waals surface area contributed by atoms with E-state index in [4.69, 9.17) is 11.6 Å². The molecule has 0 unspecified atom stereocenters. The molecule has 10 heteroatoms. The summed E-state index contributed by atoms with van der Waals surface area (Å²) in [6.07, 6.45) is 4.30. The lowest BCUT2D eigenvalue weighted by molar-refractivity contribution is -0.385. The van der Waals surface area contributed by atoms with Crippen LogP contribution in [0.3, 0.4) is 0 Å². The van der Waals surface area contributed by atoms with Crippen molar-refractivity contribution in [2.24, 2.45) is 0 Å². The first-order chi connectivity index (χ1) is 12.5. The fraction of sp³-hybridized carbons (Fsp3) is 0.188. The van der Waals surface area contributed by atoms with Crippen molar-refractivity contribution in [3.05, 3.63) is 69.6 Å². The standard InChI is InChI=1S/C16H15ClN6O3/c17-14-4-2-1-3-12(14)10-22-7-5-15(20-22)19-16(24)6-8-21-11-13(9-18-21)23(25)26/h1-5,7,9,11H,6,8,10H2,(H,19,20,24). The number of benzene rings is 1. The Morgan fingerprint density at radius 3 is 2.81 bits per heavy atom. The van der Waals surface area contributed by atoms with Crippen molar-refractivity contribution in [1.82, 2.24) is 19.6 Å². The highest BCUT2D eigenvalue weighted by Gasteiger charge is 2.11. The highest BCUT2D eigenvalue weighted by molar-refractivity contribution is 6.31. The summed E-state index contributed by atoms with van der Waals surface area (Å²) < 4.78 is 3.03. The number of hydrogen-bond acceptors (Lipinski definition) is 5. The normalized spacial score (nSPS) is 10.7. The first-order valence-corrected chi connectivity index (χ1v) is 8.12. The number of nitrogens with one attached hydrogen (secondary N) is 1. The molecule has 3 rings (SSSR count). The Bertz CT molecular complexity index is 935. The Balaban J connectivity index is 1.52. The van der Waals surface area contributed by atoms with Gasteiger partial charge in [-0.3, -0.25) is 24.3 Å². The number of halogens is 1. The molecule has 0 atom stereocenters. The molecule has 0 radical (unpaired) electrons. The largest absolute Gasteiger partial charge is 0.309 e. The lowest BCUT2D eigenvalue weighted by Gasteiger charge is -2.05. The van der Waals surface area contributed by atoms with Crippen LogP contribution in [0, 0.1) is 10.1 Å². The fourth-order valence-electron chi connectivity index (χ4n) is 2.31. The molecule has 0 aliphatic heterocycles. The highest BCUT2D eigenvalue weighted by Crippen LogP contribution is 2.16. The lowest BCUT2D eigenvalue weighted by atomic mass is 10.2. The monoisotopic (exact) mass is 374 g/mol. The quantitative estimate of drug-likeness (QED) is 0.505. The van der Waals surface area contributed by atoms with Gasteiger partial charge in [0.15, 0.2) is 5.82 Å². The zero-order valence-corrected chi connectivity index (χ0v) is 14.3. The van der Waals surface area contributed by atoms with Crippen LogP contribution in [0.2, 0.25) is 5.02 Å². The topological polar surface area (TPSA) is 108 Å². The predicted molar refractivity (Wildman–Crippen MR) is 94.9 cm³/mol. The number of aromatic nitrogens is 4. The second kappa shape index (κ2) is 7.79. The summed E-state index contributed by atoms with van der Waals surface area (Å²) in [5.41, 5.74) is 0.819. The van der Waals surface area contributed by atoms with E-state index in [9.17, 15) is 14.9 Å². The molecular formula is C16H15ClN6O3. The summed E-state index contributed by atoms with van der Waals surface area (Å²) in [5, 5.41) is 22.1. The van der Waals surface area contributed by atoms with Gasteiger partial charge in [-0.1, -0.05) is 29.8 Å². The Hall–Kier alpha value is -3.20. The van der Waals surface area contributed by atoms with Gasteiger partial charge in [0.25, 0.3) is 0 Å². The van der Waals surface area contributed by atoms with Gasteiger partial charge in [-0.05, 0) is 11.6 Å². The van der Waals surface area contributed by atoms with E-state index in [-0.39, 0.29) is 24.6 Å². The predicted octanol–water partition coefficient (Wildman–Crippen LogP) is 2.72. The first kappa shape index (κ1) is 17.6. The van der Waals surface area contributed by atoms with Crippen molar-refractivity contribution in [3.63, 3.8) is 0 Å². The molecule has 2 heterocycles. The van der Waals surface area contributed by atoms with E-state index in [0.29, 0.717) is 17.4 Å². The summed E-state index contributed by atoms with van der Waals surface area (Å²) >= 11 is 6.12. The molecule has 1 amide bonds. The summed E-state index contributed by atoms with van der Waals surface area (Å²) in [6, 6.07) is 9.16. The van der Waals surface area contributed by atoms with E-state index in [1.54, 1.807) is 16.9 Å². The van der Waals surface area contributed by atoms with Crippen LogP contribution in [0.15, 0.2) is 48.9 Å². The molecule has 0 spiro atoms. The molecule has 1 N–H and O–H groups in total. The average Bonchev–Trinajstić information content (AvgIpc) is 3.25. The smallest absolute Gasteiger partial charge is 0.306 e. The molecule has 0 saturated carbocycles. The Morgan fingerprint density at radius 2 is 2.08 bits per heavy atom. The van der Waals surface area contributed by atoms with E-state index in [0.717, 1.165) is 11.8 Å². The van der Waals surface area contributed by atoms with Crippen LogP contribution in [-0.2, 0) is 17.9 Å². The molecule has 0 aliphatic rings. The molecule has 0 saturated heterocycles. The molecule has 26 heavy (non-hydrogen) atoms. The van der Waals surface area contributed by atoms with Crippen LogP contribution in [-0.4, -0.2) is 30.4 Å². The third-order valence-corrected chi connectivity index (χ3v) is 3.97. The zero-order valence-electron chi connectivity index (χ0n) is 13.6. The first-order valence-electron chi connectivity index (χ1n) is 7.75. The molecule has 3 aromatic rings. The number of hydrogen-bond donors (Lipinski definition) is 1. The number of amides is 1. The number of carbonyl (C=O) groups is 1. The van der Waals surface area contributed by atoms with Crippen molar-refractivity contribution in [2.75, 3.05) is 5.32 Å². The molecule has 0 aliphatic carbocycles. The molecular weight excluding hydrogens is 360 g/mol. The Kier molecular flexibility index (Phi) is 5.28. The highest BCUT2D eigenvalue weighted by atomic mass is 35.5. The molecule has 1 aromatic carbocycles. The minimum Gasteiger partial charge on any atom is -0.309 e. The Labute approximate surface area is 153 Å². The summed E-state index contributed by atoms with van der Waals surface area (Å²) in [4.78, 5) is 22.1. The maximum absolute atomic E-state index is 12.0. The van der Waals surface area contributed by atoms with Gasteiger partial charge in [0.1, 0.15) is 12.4 Å². The lowest BCUT2D eigenvalue weighted by Crippen LogP contribution is -2.15. The molecule has 0 fully saturated rings. The number of rotatable bonds is 7. The minimum absolute atomic E-state index is 0.108. The van der Waals surface area contributed by atoms with Gasteiger partial charge in [-0.25, -0.2) is 0 Å². The maximum atomic E-state index is 12.0. The summed E-state index contributed by atoms with van der Waals surface area (Å²) in [6.45, 7) is 0.729. The SMILES string of the molecule is O=C(CCn1cc([N+](=O)[O-])cn1)Nc1ccn(Cc2ccccc2Cl)n1. The van der Waals surface area contributed by atoms with Crippen LogP contribution in [0.1, 0.15) is 12.0 Å². The van der Waals surface area contributed by atoms with Crippen molar-refractivity contribution >= 4 is 29.0 Å². The van der Waals surface area contributed by atoms with Gasteiger partial charge in [0, 0.05) is 30.3 Å². The van der Waals surface area contributed by atoms with Gasteiger partial charge >= 0.3 is 5.69 Å². The van der Waals surface area contributed by atoms with Crippen LogP contribution in [0.5, 0.6) is 0 Å². The van der Waals surface area contributed by atoms with Gasteiger partial charge in [0.2, 0.25) is 5.91 Å². The van der Waals surface area contributed by atoms with Crippen LogP contribution < -0.4 is 5.32 Å². The molecule has 134 valence electrons. The number of carbonyl (C=O) groups excluding carboxylic acids is 1. The third-order valence-electron chi connectivity index (χ3n) is 3.60. The molecule has 0 bridgehead atoms. The maximum Gasteiger partial charge on any atom is 0.306 e. The molecule has 2 aromatic heterocycles. The van der Waals surface area contributed by atoms with Crippen LogP contribution in [0.4, 0.5) is 11.5 Å². The Morgan fingerprint density at radius 1 is 1.27 bits per heavy atom. The number of nitrogens with zero attached hydrogens (tertiary/aromatic N) is 5. The second-order valence-corrected chi connectivity index (χ2v) is 5.91. The van der Waals surface area contributed by atoms with Gasteiger partial charge in [-0.15, -0.1) is 0 Å². The van der Waals surface area contributed by atoms with Gasteiger partial charge < -0.3 is 5.32 Å². The minimum atomic E-state index is -0.533. The van der Waals surface area contributed by atoms with E-state index in [2.05, 4.69) is 15.5 Å². The van der Waals surface area contributed by atoms with Gasteiger partial charge in [-0.2, -0.15) is 10.2 Å². The molecule has 9 nitrogen and oxygen atoms in total. The number of anilines is 1. The van der Waals surface area contributed by atoms with Crippen LogP contribution in [0.25, 0.3) is 0 Å². The third kappa shape index (κ3) is 4.45. The summed E-state index contributed by atoms with van der Waals surface area (Å²) in [7, 11) is 0. The summed E-state index contributed by atoms with van der Waals surface area (Å²) in [5.74, 6) is 0.166. The van der Waals surface area contributed by atoms with E-state index >= 15 is 0 Å². The van der Waals surface area contributed by atoms with Gasteiger partial charge in [0.05, 0.1) is 11.5 Å². The number of nitro groups is 1. The van der Waals surface area contributed by atoms with Crippen molar-refractivity contribution < 1.29 is 9.72 Å². The average molecular weight is 375 g/mol. The second-order valence-electron chi connectivity index (χ2n) is 5.51. The van der Waals surface area contributed by atoms with E-state index in [1.807, 2.05) is 24.3 Å². The van der Waals surface area contributed by atoms with E-state index in [1.165, 1.54) is 10.9 Å². The van der Waals surface area contributed by atoms with E-state index < -0.39 is 4.92 Å². The fourth-order valence-corrected chi connectivity index (χ4v) is 2.50. The van der Waals surface area contributed by atoms with Crippen molar-refractivity contribution in [1.29, 1.82) is 0 Å². The number of aryl methyl sites for hydroxylation is 1. The van der Waals surface area contributed by atoms with Crippen molar-refractivity contribution in [3.8, 4) is 0 Å². The van der Waals surface area contributed by atoms with Crippen LogP contribution >= 0.6 is 11.6 Å². The van der Waals surface area contributed by atoms with Crippen molar-refractivity contribution in [2.45, 2.75) is 19.5 Å². The zero-order chi connectivity index (χ0) is 18.5.